The van der Waals surface area contributed by atoms with Gasteiger partial charge >= 0.3 is 0 Å². The lowest BCUT2D eigenvalue weighted by atomic mass is 9.97. The molecule has 0 amide bonds. The molecule has 6 heteroatoms. The number of unbranched alkanes of at least 4 members (excludes halogenated alkanes) is 2. The van der Waals surface area contributed by atoms with Crippen LogP contribution in [0, 0.1) is 34.9 Å². The third-order valence-corrected chi connectivity index (χ3v) is 7.18. The van der Waals surface area contributed by atoms with Crippen LogP contribution in [0.4, 0.5) is 26.3 Å². The summed E-state index contributed by atoms with van der Waals surface area (Å²) in [4.78, 5) is 0. The van der Waals surface area contributed by atoms with Crippen LogP contribution in [0.1, 0.15) is 30.4 Å². The SMILES string of the molecule is Fc1ccc(-c2ccc(-c3ccc(CCCCCc4ccc(-c5ccc(F)c(F)c5)c(F)c4)cc3F)cc2)cc1F. The number of hydrogen-bond acceptors (Lipinski definition) is 0. The van der Waals surface area contributed by atoms with E-state index in [9.17, 15) is 26.3 Å². The van der Waals surface area contributed by atoms with Crippen molar-refractivity contribution in [3.63, 3.8) is 0 Å². The van der Waals surface area contributed by atoms with Crippen molar-refractivity contribution in [2.24, 2.45) is 0 Å². The largest absolute Gasteiger partial charge is 0.206 e. The van der Waals surface area contributed by atoms with E-state index in [1.807, 2.05) is 6.07 Å². The highest BCUT2D eigenvalue weighted by Gasteiger charge is 2.11. The van der Waals surface area contributed by atoms with Crippen molar-refractivity contribution in [1.29, 1.82) is 0 Å². The summed E-state index contributed by atoms with van der Waals surface area (Å²) in [7, 11) is 0. The van der Waals surface area contributed by atoms with Gasteiger partial charge in [0, 0.05) is 11.1 Å². The smallest absolute Gasteiger partial charge is 0.159 e. The van der Waals surface area contributed by atoms with Gasteiger partial charge in [-0.25, -0.2) is 26.3 Å². The van der Waals surface area contributed by atoms with Gasteiger partial charge < -0.3 is 0 Å². The Labute approximate surface area is 234 Å². The van der Waals surface area contributed by atoms with Crippen LogP contribution in [0.15, 0.2) is 97.1 Å². The Morgan fingerprint density at radius 1 is 0.317 bits per heavy atom. The molecular formula is C35H26F6. The molecule has 5 aromatic carbocycles. The van der Waals surface area contributed by atoms with E-state index < -0.39 is 29.1 Å². The summed E-state index contributed by atoms with van der Waals surface area (Å²) in [6, 6.07) is 24.0. The maximum Gasteiger partial charge on any atom is 0.159 e. The zero-order valence-electron chi connectivity index (χ0n) is 22.0. The first-order chi connectivity index (χ1) is 19.8. The highest BCUT2D eigenvalue weighted by molar-refractivity contribution is 5.71. The second kappa shape index (κ2) is 12.5. The second-order valence-corrected chi connectivity index (χ2v) is 10.0. The first kappa shape index (κ1) is 28.2. The van der Waals surface area contributed by atoms with Crippen LogP contribution in [-0.2, 0) is 12.8 Å². The van der Waals surface area contributed by atoms with Crippen LogP contribution in [0.5, 0.6) is 0 Å². The maximum atomic E-state index is 14.9. The molecule has 0 radical (unpaired) electrons. The minimum Gasteiger partial charge on any atom is -0.206 e. The molecule has 0 fully saturated rings. The average molecular weight is 561 g/mol. The zero-order chi connectivity index (χ0) is 28.9. The van der Waals surface area contributed by atoms with E-state index in [-0.39, 0.29) is 16.9 Å². The Balaban J connectivity index is 1.12. The van der Waals surface area contributed by atoms with Crippen molar-refractivity contribution in [2.75, 3.05) is 0 Å². The van der Waals surface area contributed by atoms with Gasteiger partial charge in [-0.15, -0.1) is 0 Å². The van der Waals surface area contributed by atoms with Gasteiger partial charge in [0.15, 0.2) is 23.3 Å². The first-order valence-corrected chi connectivity index (χ1v) is 13.4. The summed E-state index contributed by atoms with van der Waals surface area (Å²) in [5, 5.41) is 0. The molecule has 0 aliphatic heterocycles. The van der Waals surface area contributed by atoms with Crippen molar-refractivity contribution in [3.05, 3.63) is 143 Å². The highest BCUT2D eigenvalue weighted by Crippen LogP contribution is 2.29. The van der Waals surface area contributed by atoms with Crippen LogP contribution in [0.3, 0.4) is 0 Å². The molecule has 0 nitrogen and oxygen atoms in total. The monoisotopic (exact) mass is 560 g/mol. The molecule has 0 aliphatic carbocycles. The van der Waals surface area contributed by atoms with Crippen molar-refractivity contribution in [2.45, 2.75) is 32.1 Å². The second-order valence-electron chi connectivity index (χ2n) is 10.0. The Hall–Kier alpha value is -4.32. The van der Waals surface area contributed by atoms with Crippen molar-refractivity contribution >= 4 is 0 Å². The fourth-order valence-corrected chi connectivity index (χ4v) is 4.91. The Morgan fingerprint density at radius 3 is 1.27 bits per heavy atom. The van der Waals surface area contributed by atoms with E-state index in [1.165, 1.54) is 24.3 Å². The normalized spacial score (nSPS) is 11.2. The lowest BCUT2D eigenvalue weighted by Gasteiger charge is -2.09. The summed E-state index contributed by atoms with van der Waals surface area (Å²) in [6.07, 6.45) is 3.92. The van der Waals surface area contributed by atoms with Gasteiger partial charge in [-0.1, -0.05) is 67.1 Å². The Morgan fingerprint density at radius 2 is 0.756 bits per heavy atom. The average Bonchev–Trinajstić information content (AvgIpc) is 2.96. The molecule has 5 rings (SSSR count). The topological polar surface area (TPSA) is 0 Å². The third-order valence-electron chi connectivity index (χ3n) is 7.18. The fourth-order valence-electron chi connectivity index (χ4n) is 4.91. The molecule has 208 valence electrons. The van der Waals surface area contributed by atoms with Gasteiger partial charge in [-0.2, -0.15) is 0 Å². The maximum absolute atomic E-state index is 14.9. The number of aryl methyl sites for hydroxylation is 2. The molecule has 0 N–H and O–H groups in total. The number of rotatable bonds is 9. The molecule has 0 saturated heterocycles. The van der Waals surface area contributed by atoms with E-state index in [0.717, 1.165) is 54.7 Å². The van der Waals surface area contributed by atoms with E-state index in [2.05, 4.69) is 0 Å². The summed E-state index contributed by atoms with van der Waals surface area (Å²) in [6.45, 7) is 0. The lowest BCUT2D eigenvalue weighted by Crippen LogP contribution is -1.93. The van der Waals surface area contributed by atoms with Crippen LogP contribution in [0.25, 0.3) is 33.4 Å². The van der Waals surface area contributed by atoms with Gasteiger partial charge in [0.2, 0.25) is 0 Å². The molecular weight excluding hydrogens is 534 g/mol. The number of benzene rings is 5. The van der Waals surface area contributed by atoms with Crippen molar-refractivity contribution < 1.29 is 26.3 Å². The highest BCUT2D eigenvalue weighted by atomic mass is 19.2. The minimum atomic E-state index is -1.02. The summed E-state index contributed by atoms with van der Waals surface area (Å²) in [5.74, 6) is -4.63. The van der Waals surface area contributed by atoms with E-state index in [0.29, 0.717) is 35.1 Å². The van der Waals surface area contributed by atoms with Crippen LogP contribution < -0.4 is 0 Å². The molecule has 0 spiro atoms. The first-order valence-electron chi connectivity index (χ1n) is 13.4. The third kappa shape index (κ3) is 6.71. The summed E-state index contributed by atoms with van der Waals surface area (Å²) in [5.41, 5.74) is 4.58. The number of hydrogen-bond donors (Lipinski definition) is 0. The molecule has 0 atom stereocenters. The molecule has 5 aromatic rings. The van der Waals surface area contributed by atoms with Crippen LogP contribution >= 0.6 is 0 Å². The van der Waals surface area contributed by atoms with Gasteiger partial charge in [0.25, 0.3) is 0 Å². The molecule has 41 heavy (non-hydrogen) atoms. The molecule has 0 aliphatic rings. The van der Waals surface area contributed by atoms with Crippen molar-refractivity contribution in [1.82, 2.24) is 0 Å². The summed E-state index contributed by atoms with van der Waals surface area (Å²) >= 11 is 0. The van der Waals surface area contributed by atoms with Crippen LogP contribution in [0.2, 0.25) is 0 Å². The molecule has 0 bridgehead atoms. The summed E-state index contributed by atoms with van der Waals surface area (Å²) < 4.78 is 83.0. The van der Waals surface area contributed by atoms with Crippen LogP contribution in [-0.4, -0.2) is 0 Å². The zero-order valence-corrected chi connectivity index (χ0v) is 22.0. The Bertz CT molecular complexity index is 1670. The van der Waals surface area contributed by atoms with E-state index in [1.54, 1.807) is 42.5 Å². The standard InChI is InChI=1S/C35H26F6/c36-30-16-12-26(20-34(30)40)24-8-10-25(11-9-24)28-14-6-22(18-32(28)38)4-2-1-3-5-23-7-15-29(33(39)19-23)27-13-17-31(37)35(41)21-27/h6-21H,1-5H2. The predicted molar refractivity (Wildman–Crippen MR) is 150 cm³/mol. The number of halogens is 6. The van der Waals surface area contributed by atoms with Crippen molar-refractivity contribution in [3.8, 4) is 33.4 Å². The van der Waals surface area contributed by atoms with E-state index in [4.69, 9.17) is 0 Å². The molecule has 0 saturated carbocycles. The van der Waals surface area contributed by atoms with Gasteiger partial charge in [0.05, 0.1) is 0 Å². The lowest BCUT2D eigenvalue weighted by molar-refractivity contribution is 0.509. The Kier molecular flexibility index (Phi) is 8.58. The predicted octanol–water partition coefficient (Wildman–Crippen LogP) is 10.5. The van der Waals surface area contributed by atoms with Gasteiger partial charge in [0.1, 0.15) is 11.6 Å². The quantitative estimate of drug-likeness (QED) is 0.124. The van der Waals surface area contributed by atoms with Gasteiger partial charge in [-0.3, -0.25) is 0 Å². The molecule has 0 aromatic heterocycles. The fraction of sp³-hybridized carbons (Fsp3) is 0.143. The van der Waals surface area contributed by atoms with E-state index >= 15 is 0 Å². The molecule has 0 heterocycles. The van der Waals surface area contributed by atoms with Gasteiger partial charge in [-0.05, 0) is 95.5 Å². The minimum absolute atomic E-state index is 0.220. The molecule has 0 unspecified atom stereocenters.